The second kappa shape index (κ2) is 7.38. The third-order valence-corrected chi connectivity index (χ3v) is 6.23. The normalized spacial score (nSPS) is 28.4. The molecule has 0 spiro atoms. The van der Waals surface area contributed by atoms with Gasteiger partial charge >= 0.3 is 0 Å². The van der Waals surface area contributed by atoms with E-state index in [1.165, 1.54) is 18.4 Å². The van der Waals surface area contributed by atoms with E-state index in [1.54, 1.807) is 0 Å². The minimum atomic E-state index is -0.904. The van der Waals surface area contributed by atoms with Crippen molar-refractivity contribution < 1.29 is 9.53 Å². The Bertz CT molecular complexity index is 674. The number of rotatable bonds is 5. The summed E-state index contributed by atoms with van der Waals surface area (Å²) in [5.41, 5.74) is 0.408. The molecule has 0 radical (unpaired) electrons. The van der Waals surface area contributed by atoms with Crippen LogP contribution in [0.4, 0.5) is 0 Å². The van der Waals surface area contributed by atoms with Crippen LogP contribution in [-0.2, 0) is 16.1 Å². The van der Waals surface area contributed by atoms with Crippen LogP contribution in [0.1, 0.15) is 31.2 Å². The van der Waals surface area contributed by atoms with Crippen molar-refractivity contribution in [3.8, 4) is 6.07 Å². The molecule has 1 aromatic carbocycles. The van der Waals surface area contributed by atoms with E-state index in [1.807, 2.05) is 6.07 Å². The second-order valence-electron chi connectivity index (χ2n) is 8.07. The lowest BCUT2D eigenvalue weighted by Crippen LogP contribution is -2.50. The molecule has 138 valence electrons. The zero-order valence-corrected chi connectivity index (χ0v) is 15.2. The average Bonchev–Trinajstić information content (AvgIpc) is 3.45. The second-order valence-corrected chi connectivity index (χ2v) is 8.07. The number of hydrogen-bond donors (Lipinski definition) is 1. The van der Waals surface area contributed by atoms with Crippen molar-refractivity contribution in [2.75, 3.05) is 26.3 Å². The van der Waals surface area contributed by atoms with Gasteiger partial charge in [0.2, 0.25) is 5.91 Å². The van der Waals surface area contributed by atoms with Gasteiger partial charge in [0.05, 0.1) is 6.07 Å². The lowest BCUT2D eigenvalue weighted by atomic mass is 9.80. The van der Waals surface area contributed by atoms with Gasteiger partial charge in [0.25, 0.3) is 0 Å². The van der Waals surface area contributed by atoms with Gasteiger partial charge in [-0.05, 0) is 43.1 Å². The molecule has 0 bridgehead atoms. The van der Waals surface area contributed by atoms with Crippen molar-refractivity contribution in [3.63, 3.8) is 0 Å². The summed E-state index contributed by atoms with van der Waals surface area (Å²) in [6, 6.07) is 13.0. The molecule has 2 heterocycles. The molecule has 0 aromatic heterocycles. The number of nitriles is 1. The van der Waals surface area contributed by atoms with E-state index < -0.39 is 5.41 Å². The van der Waals surface area contributed by atoms with Crippen molar-refractivity contribution in [2.24, 2.45) is 17.3 Å². The largest absolute Gasteiger partial charge is 0.381 e. The highest BCUT2D eigenvalue weighted by Gasteiger charge is 2.46. The van der Waals surface area contributed by atoms with Crippen LogP contribution in [0.3, 0.4) is 0 Å². The number of likely N-dealkylation sites (tertiary alicyclic amines) is 1. The maximum absolute atomic E-state index is 13.0. The van der Waals surface area contributed by atoms with Crippen LogP contribution in [0.25, 0.3) is 0 Å². The molecular weight excluding hydrogens is 326 g/mol. The number of benzene rings is 1. The fourth-order valence-electron chi connectivity index (χ4n) is 4.45. The Morgan fingerprint density at radius 3 is 2.62 bits per heavy atom. The molecule has 3 aliphatic rings. The summed E-state index contributed by atoms with van der Waals surface area (Å²) in [5, 5.41) is 12.9. The van der Waals surface area contributed by atoms with Crippen molar-refractivity contribution in [3.05, 3.63) is 35.9 Å². The average molecular weight is 353 g/mol. The summed E-state index contributed by atoms with van der Waals surface area (Å²) in [5.74, 6) is 1.16. The van der Waals surface area contributed by atoms with E-state index in [0.29, 0.717) is 32.0 Å². The monoisotopic (exact) mass is 353 g/mol. The third kappa shape index (κ3) is 3.62. The summed E-state index contributed by atoms with van der Waals surface area (Å²) in [6.45, 7) is 3.83. The van der Waals surface area contributed by atoms with Gasteiger partial charge in [-0.1, -0.05) is 30.3 Å². The highest BCUT2D eigenvalue weighted by molar-refractivity contribution is 5.85. The Labute approximate surface area is 155 Å². The zero-order chi connectivity index (χ0) is 18.0. The van der Waals surface area contributed by atoms with Gasteiger partial charge in [0, 0.05) is 38.9 Å². The van der Waals surface area contributed by atoms with Crippen LogP contribution >= 0.6 is 0 Å². The summed E-state index contributed by atoms with van der Waals surface area (Å²) >= 11 is 0. The van der Waals surface area contributed by atoms with Crippen molar-refractivity contribution in [1.82, 2.24) is 10.2 Å². The number of nitrogens with one attached hydrogen (secondary N) is 1. The van der Waals surface area contributed by atoms with Gasteiger partial charge in [-0.25, -0.2) is 0 Å². The molecule has 1 amide bonds. The highest BCUT2D eigenvalue weighted by atomic mass is 16.5. The molecule has 0 unspecified atom stereocenters. The van der Waals surface area contributed by atoms with Gasteiger partial charge in [-0.3, -0.25) is 9.69 Å². The lowest BCUT2D eigenvalue weighted by Gasteiger charge is -2.31. The number of ether oxygens (including phenoxy) is 1. The molecule has 5 heteroatoms. The summed E-state index contributed by atoms with van der Waals surface area (Å²) in [4.78, 5) is 15.4. The van der Waals surface area contributed by atoms with E-state index >= 15 is 0 Å². The number of nitrogens with zero attached hydrogens (tertiary/aromatic N) is 2. The molecule has 26 heavy (non-hydrogen) atoms. The smallest absolute Gasteiger partial charge is 0.240 e. The van der Waals surface area contributed by atoms with Gasteiger partial charge in [-0.2, -0.15) is 5.26 Å². The quantitative estimate of drug-likeness (QED) is 0.882. The van der Waals surface area contributed by atoms with Crippen LogP contribution in [0.2, 0.25) is 0 Å². The van der Waals surface area contributed by atoms with E-state index in [0.717, 1.165) is 25.6 Å². The Balaban J connectivity index is 1.42. The van der Waals surface area contributed by atoms with Crippen molar-refractivity contribution in [2.45, 2.75) is 38.3 Å². The summed E-state index contributed by atoms with van der Waals surface area (Å²) < 4.78 is 5.36. The highest BCUT2D eigenvalue weighted by Crippen LogP contribution is 2.42. The predicted octanol–water partition coefficient (Wildman–Crippen LogP) is 2.33. The first-order valence-corrected chi connectivity index (χ1v) is 9.76. The number of carbonyl (C=O) groups excluding carboxylic acids is 1. The minimum Gasteiger partial charge on any atom is -0.381 e. The Kier molecular flexibility index (Phi) is 4.97. The standard InChI is InChI=1S/C21H27N3O2/c22-15-21(8-10-26-11-9-21)20(25)23-19-14-24(13-18(19)17-6-7-17)12-16-4-2-1-3-5-16/h1-5,17-19H,6-14H2,(H,23,25)/t18-,19+/m1/s1. The maximum Gasteiger partial charge on any atom is 0.240 e. The first-order chi connectivity index (χ1) is 12.7. The zero-order valence-electron chi connectivity index (χ0n) is 15.2. The summed E-state index contributed by atoms with van der Waals surface area (Å²) in [6.07, 6.45) is 3.55. The maximum atomic E-state index is 13.0. The SMILES string of the molecule is N#CC1(C(=O)N[C@H]2CN(Cc3ccccc3)C[C@@H]2C2CC2)CCOCC1. The molecule has 1 saturated carbocycles. The predicted molar refractivity (Wildman–Crippen MR) is 98.0 cm³/mol. The molecule has 5 nitrogen and oxygen atoms in total. The van der Waals surface area contributed by atoms with Gasteiger partial charge in [-0.15, -0.1) is 0 Å². The van der Waals surface area contributed by atoms with E-state index in [2.05, 4.69) is 40.6 Å². The van der Waals surface area contributed by atoms with Crippen LogP contribution in [-0.4, -0.2) is 43.2 Å². The van der Waals surface area contributed by atoms with Crippen molar-refractivity contribution in [1.29, 1.82) is 5.26 Å². The van der Waals surface area contributed by atoms with Crippen LogP contribution in [0.15, 0.2) is 30.3 Å². The summed E-state index contributed by atoms with van der Waals surface area (Å²) in [7, 11) is 0. The molecule has 4 rings (SSSR count). The molecule has 2 atom stereocenters. The van der Waals surface area contributed by atoms with Crippen LogP contribution in [0.5, 0.6) is 0 Å². The third-order valence-electron chi connectivity index (χ3n) is 6.23. The molecule has 1 N–H and O–H groups in total. The first kappa shape index (κ1) is 17.5. The van der Waals surface area contributed by atoms with Gasteiger partial charge < -0.3 is 10.1 Å². The Hall–Kier alpha value is -1.90. The van der Waals surface area contributed by atoms with E-state index in [4.69, 9.17) is 4.74 Å². The lowest BCUT2D eigenvalue weighted by molar-refractivity contribution is -0.133. The molecular formula is C21H27N3O2. The molecule has 2 saturated heterocycles. The molecule has 1 aromatic rings. The van der Waals surface area contributed by atoms with Crippen LogP contribution in [0, 0.1) is 28.6 Å². The van der Waals surface area contributed by atoms with E-state index in [-0.39, 0.29) is 11.9 Å². The van der Waals surface area contributed by atoms with Gasteiger partial charge in [0.15, 0.2) is 0 Å². The Morgan fingerprint density at radius 1 is 1.23 bits per heavy atom. The fraction of sp³-hybridized carbons (Fsp3) is 0.619. The molecule has 2 aliphatic heterocycles. The topological polar surface area (TPSA) is 65.4 Å². The number of carbonyl (C=O) groups is 1. The molecule has 3 fully saturated rings. The number of amides is 1. The van der Waals surface area contributed by atoms with Crippen molar-refractivity contribution >= 4 is 5.91 Å². The van der Waals surface area contributed by atoms with E-state index in [9.17, 15) is 10.1 Å². The molecule has 1 aliphatic carbocycles. The first-order valence-electron chi connectivity index (χ1n) is 9.76. The van der Waals surface area contributed by atoms with Crippen LogP contribution < -0.4 is 5.32 Å². The minimum absolute atomic E-state index is 0.0829. The number of hydrogen-bond acceptors (Lipinski definition) is 4. The Morgan fingerprint density at radius 2 is 1.96 bits per heavy atom. The van der Waals surface area contributed by atoms with Gasteiger partial charge in [0.1, 0.15) is 5.41 Å². The fourth-order valence-corrected chi connectivity index (χ4v) is 4.45.